The molecule has 0 aromatic carbocycles. The van der Waals surface area contributed by atoms with Crippen LogP contribution in [-0.2, 0) is 0 Å². The molecule has 2 aromatic rings. The molecule has 0 aliphatic rings. The topological polar surface area (TPSA) is 82.9 Å². The van der Waals surface area contributed by atoms with Gasteiger partial charge in [-0.15, -0.1) is 0 Å². The Labute approximate surface area is 79.4 Å². The number of carbonyl (C=O) groups is 1. The normalized spacial score (nSPS) is 10.3. The molecular formula is C9H7N3O2. The van der Waals surface area contributed by atoms with Crippen molar-refractivity contribution in [1.82, 2.24) is 4.98 Å². The minimum atomic E-state index is -0.604. The number of hydrogen-bond donors (Lipinski definition) is 1. The van der Waals surface area contributed by atoms with Crippen molar-refractivity contribution in [2.45, 2.75) is 0 Å². The molecule has 14 heavy (non-hydrogen) atoms. The van der Waals surface area contributed by atoms with Gasteiger partial charge in [0.2, 0.25) is 5.52 Å². The first-order chi connectivity index (χ1) is 6.68. The fourth-order valence-corrected chi connectivity index (χ4v) is 1.21. The molecule has 0 atom stereocenters. The summed E-state index contributed by atoms with van der Waals surface area (Å²) in [6.45, 7) is 0. The molecule has 0 aliphatic carbocycles. The van der Waals surface area contributed by atoms with Crippen LogP contribution >= 0.6 is 0 Å². The highest BCUT2D eigenvalue weighted by Gasteiger charge is 2.07. The number of nitrogens with two attached hydrogens (primary N) is 1. The quantitative estimate of drug-likeness (QED) is 0.505. The van der Waals surface area contributed by atoms with Crippen LogP contribution in [0.15, 0.2) is 30.5 Å². The molecule has 0 saturated heterocycles. The lowest BCUT2D eigenvalue weighted by Crippen LogP contribution is -2.26. The number of amides is 1. The maximum atomic E-state index is 11.2. The average Bonchev–Trinajstić information content (AvgIpc) is 2.17. The zero-order valence-electron chi connectivity index (χ0n) is 7.18. The molecule has 2 heterocycles. The van der Waals surface area contributed by atoms with Crippen LogP contribution in [0.25, 0.3) is 11.0 Å². The lowest BCUT2D eigenvalue weighted by Gasteiger charge is -2.00. The van der Waals surface area contributed by atoms with Gasteiger partial charge >= 0.3 is 0 Å². The lowest BCUT2D eigenvalue weighted by atomic mass is 10.3. The number of carbonyl (C=O) groups excluding carboxylic acids is 1. The Balaban J connectivity index is 2.73. The molecule has 0 saturated carbocycles. The molecule has 2 aromatic heterocycles. The number of rotatable bonds is 1. The van der Waals surface area contributed by atoms with Gasteiger partial charge in [-0.3, -0.25) is 4.79 Å². The Morgan fingerprint density at radius 1 is 1.43 bits per heavy atom. The summed E-state index contributed by atoms with van der Waals surface area (Å²) in [5.74, 6) is -0.604. The van der Waals surface area contributed by atoms with E-state index < -0.39 is 5.91 Å². The van der Waals surface area contributed by atoms with Crippen molar-refractivity contribution < 1.29 is 9.52 Å². The van der Waals surface area contributed by atoms with Crippen LogP contribution < -0.4 is 10.5 Å². The monoisotopic (exact) mass is 189 g/mol. The largest absolute Gasteiger partial charge is 0.618 e. The predicted octanol–water partition coefficient (Wildman–Crippen LogP) is -0.0329. The number of pyridine rings is 2. The SMILES string of the molecule is NC(=O)c1ccc2c(ccc[n+]2[O-])n1. The van der Waals surface area contributed by atoms with Gasteiger partial charge in [0.05, 0.1) is 0 Å². The molecule has 0 bridgehead atoms. The van der Waals surface area contributed by atoms with Crippen LogP contribution in [0.1, 0.15) is 10.5 Å². The van der Waals surface area contributed by atoms with Gasteiger partial charge in [0.15, 0.2) is 6.20 Å². The standard InChI is InChI=1S/C9H7N3O2/c10-9(13)7-3-4-8-6(11-7)2-1-5-12(8)14/h1-5H,(H2,10,13). The fraction of sp³-hybridized carbons (Fsp3) is 0. The summed E-state index contributed by atoms with van der Waals surface area (Å²) in [5.41, 5.74) is 6.08. The first-order valence-corrected chi connectivity index (χ1v) is 3.97. The van der Waals surface area contributed by atoms with Crippen LogP contribution in [0.4, 0.5) is 0 Å². The minimum Gasteiger partial charge on any atom is -0.618 e. The van der Waals surface area contributed by atoms with Crippen molar-refractivity contribution in [1.29, 1.82) is 0 Å². The summed E-state index contributed by atoms with van der Waals surface area (Å²) in [6.07, 6.45) is 1.37. The maximum absolute atomic E-state index is 11.2. The zero-order chi connectivity index (χ0) is 10.1. The average molecular weight is 189 g/mol. The highest BCUT2D eigenvalue weighted by Crippen LogP contribution is 2.06. The van der Waals surface area contributed by atoms with Crippen LogP contribution in [-0.4, -0.2) is 10.9 Å². The Morgan fingerprint density at radius 2 is 2.21 bits per heavy atom. The molecule has 0 fully saturated rings. The number of primary amides is 1. The molecule has 0 unspecified atom stereocenters. The maximum Gasteiger partial charge on any atom is 0.267 e. The summed E-state index contributed by atoms with van der Waals surface area (Å²) in [6, 6.07) is 6.16. The van der Waals surface area contributed by atoms with Gasteiger partial charge in [0.25, 0.3) is 5.91 Å². The second kappa shape index (κ2) is 2.95. The van der Waals surface area contributed by atoms with Crippen molar-refractivity contribution >= 4 is 16.9 Å². The van der Waals surface area contributed by atoms with Crippen LogP contribution in [0.5, 0.6) is 0 Å². The molecular weight excluding hydrogens is 182 g/mol. The molecule has 0 radical (unpaired) electrons. The smallest absolute Gasteiger partial charge is 0.267 e. The first kappa shape index (κ1) is 8.43. The second-order valence-corrected chi connectivity index (χ2v) is 2.80. The van der Waals surface area contributed by atoms with Crippen molar-refractivity contribution in [2.75, 3.05) is 0 Å². The third kappa shape index (κ3) is 1.24. The summed E-state index contributed by atoms with van der Waals surface area (Å²) in [4.78, 5) is 14.7. The summed E-state index contributed by atoms with van der Waals surface area (Å²) >= 11 is 0. The van der Waals surface area contributed by atoms with E-state index in [0.717, 1.165) is 0 Å². The molecule has 2 rings (SSSR count). The van der Waals surface area contributed by atoms with Crippen molar-refractivity contribution in [3.8, 4) is 0 Å². The van der Waals surface area contributed by atoms with Gasteiger partial charge in [0, 0.05) is 12.1 Å². The Hall–Kier alpha value is -2.17. The fourth-order valence-electron chi connectivity index (χ4n) is 1.21. The number of fused-ring (bicyclic) bond motifs is 1. The molecule has 5 nitrogen and oxygen atoms in total. The Bertz CT molecular complexity index is 510. The number of hydrogen-bond acceptors (Lipinski definition) is 3. The molecule has 2 N–H and O–H groups in total. The van der Waals surface area contributed by atoms with Gasteiger partial charge < -0.3 is 10.9 Å². The Kier molecular flexibility index (Phi) is 1.78. The van der Waals surface area contributed by atoms with Gasteiger partial charge in [-0.1, -0.05) is 0 Å². The highest BCUT2D eigenvalue weighted by atomic mass is 16.5. The van der Waals surface area contributed by atoms with E-state index in [0.29, 0.717) is 15.8 Å². The van der Waals surface area contributed by atoms with Gasteiger partial charge in [-0.25, -0.2) is 4.98 Å². The van der Waals surface area contributed by atoms with Crippen molar-refractivity contribution in [3.63, 3.8) is 0 Å². The lowest BCUT2D eigenvalue weighted by molar-refractivity contribution is -0.577. The van der Waals surface area contributed by atoms with Crippen LogP contribution in [0.2, 0.25) is 0 Å². The molecule has 5 heteroatoms. The van der Waals surface area contributed by atoms with E-state index in [-0.39, 0.29) is 5.69 Å². The van der Waals surface area contributed by atoms with E-state index in [4.69, 9.17) is 5.73 Å². The molecule has 70 valence electrons. The third-order valence-electron chi connectivity index (χ3n) is 1.87. The van der Waals surface area contributed by atoms with Crippen molar-refractivity contribution in [2.24, 2.45) is 5.73 Å². The van der Waals surface area contributed by atoms with Crippen LogP contribution in [0, 0.1) is 5.21 Å². The number of aromatic nitrogens is 2. The first-order valence-electron chi connectivity index (χ1n) is 3.97. The minimum absolute atomic E-state index is 0.156. The number of nitrogens with zero attached hydrogens (tertiary/aromatic N) is 2. The van der Waals surface area contributed by atoms with E-state index in [2.05, 4.69) is 4.98 Å². The molecule has 1 amide bonds. The van der Waals surface area contributed by atoms with Gasteiger partial charge in [-0.05, 0) is 12.1 Å². The summed E-state index contributed by atoms with van der Waals surface area (Å²) in [7, 11) is 0. The van der Waals surface area contributed by atoms with Gasteiger partial charge in [-0.2, -0.15) is 4.73 Å². The molecule has 0 spiro atoms. The van der Waals surface area contributed by atoms with Gasteiger partial charge in [0.1, 0.15) is 11.2 Å². The van der Waals surface area contributed by atoms with Crippen LogP contribution in [0.3, 0.4) is 0 Å². The van der Waals surface area contributed by atoms with Crippen molar-refractivity contribution in [3.05, 3.63) is 41.4 Å². The predicted molar refractivity (Wildman–Crippen MR) is 49.2 cm³/mol. The van der Waals surface area contributed by atoms with E-state index in [1.807, 2.05) is 0 Å². The van der Waals surface area contributed by atoms with E-state index in [1.165, 1.54) is 18.3 Å². The highest BCUT2D eigenvalue weighted by molar-refractivity contribution is 5.92. The molecule has 0 aliphatic heterocycles. The Morgan fingerprint density at radius 3 is 2.93 bits per heavy atom. The zero-order valence-corrected chi connectivity index (χ0v) is 7.18. The summed E-state index contributed by atoms with van der Waals surface area (Å²) < 4.78 is 0.688. The van der Waals surface area contributed by atoms with E-state index in [1.54, 1.807) is 12.1 Å². The van der Waals surface area contributed by atoms with E-state index >= 15 is 0 Å². The second-order valence-electron chi connectivity index (χ2n) is 2.80. The van der Waals surface area contributed by atoms with E-state index in [9.17, 15) is 10.0 Å². The summed E-state index contributed by atoms with van der Waals surface area (Å²) in [5, 5.41) is 11.2. The third-order valence-corrected chi connectivity index (χ3v) is 1.87.